The lowest BCUT2D eigenvalue weighted by Crippen LogP contribution is -2.01. The zero-order valence-corrected chi connectivity index (χ0v) is 10.5. The summed E-state index contributed by atoms with van der Waals surface area (Å²) in [4.78, 5) is 15.6. The Balaban J connectivity index is 2.70. The van der Waals surface area contributed by atoms with Crippen molar-refractivity contribution < 1.29 is 9.53 Å². The van der Waals surface area contributed by atoms with Gasteiger partial charge in [0.25, 0.3) is 0 Å². The van der Waals surface area contributed by atoms with Gasteiger partial charge in [-0.25, -0.2) is 4.79 Å². The highest BCUT2D eigenvalue weighted by Crippen LogP contribution is 2.26. The predicted molar refractivity (Wildman–Crippen MR) is 65.5 cm³/mol. The Morgan fingerprint density at radius 2 is 2.12 bits per heavy atom. The number of methoxy groups -OCH3 is 1. The number of esters is 1. The first kappa shape index (κ1) is 11.1. The number of hydrogen-bond acceptors (Lipinski definition) is 3. The maximum absolute atomic E-state index is 11.4. The molecule has 2 aromatic rings. The van der Waals surface area contributed by atoms with E-state index < -0.39 is 0 Å². The van der Waals surface area contributed by atoms with Crippen LogP contribution >= 0.6 is 15.9 Å². The van der Waals surface area contributed by atoms with Crippen LogP contribution in [-0.4, -0.2) is 18.1 Å². The number of aromatic nitrogens is 1. The SMILES string of the molecule is COC(=O)c1ccc2c(Br)cnc(C)c2c1. The molecule has 0 aliphatic heterocycles. The van der Waals surface area contributed by atoms with Crippen molar-refractivity contribution in [3.05, 3.63) is 40.1 Å². The van der Waals surface area contributed by atoms with Gasteiger partial charge in [-0.2, -0.15) is 0 Å². The van der Waals surface area contributed by atoms with Crippen LogP contribution in [-0.2, 0) is 4.74 Å². The fourth-order valence-corrected chi connectivity index (χ4v) is 2.04. The van der Waals surface area contributed by atoms with Gasteiger partial charge in [0.1, 0.15) is 0 Å². The molecule has 0 saturated heterocycles. The first-order valence-electron chi connectivity index (χ1n) is 4.76. The van der Waals surface area contributed by atoms with Gasteiger partial charge in [0.15, 0.2) is 0 Å². The molecule has 1 aromatic heterocycles. The largest absolute Gasteiger partial charge is 0.465 e. The molecule has 4 heteroatoms. The molecule has 1 aromatic carbocycles. The number of carbonyl (C=O) groups excluding carboxylic acids is 1. The molecule has 0 atom stereocenters. The van der Waals surface area contributed by atoms with E-state index in [9.17, 15) is 4.79 Å². The monoisotopic (exact) mass is 279 g/mol. The van der Waals surface area contributed by atoms with E-state index in [1.807, 2.05) is 13.0 Å². The van der Waals surface area contributed by atoms with E-state index >= 15 is 0 Å². The van der Waals surface area contributed by atoms with Gasteiger partial charge in [-0.05, 0) is 40.4 Å². The Morgan fingerprint density at radius 3 is 2.81 bits per heavy atom. The topological polar surface area (TPSA) is 39.2 Å². The molecule has 0 radical (unpaired) electrons. The number of carbonyl (C=O) groups is 1. The second kappa shape index (κ2) is 4.22. The standard InChI is InChI=1S/C12H10BrNO2/c1-7-10-5-8(12(15)16-2)3-4-9(10)11(13)6-14-7/h3-6H,1-2H3. The third-order valence-corrected chi connectivity index (χ3v) is 3.09. The van der Waals surface area contributed by atoms with Crippen molar-refractivity contribution in [1.82, 2.24) is 4.98 Å². The van der Waals surface area contributed by atoms with Crippen molar-refractivity contribution in [2.75, 3.05) is 7.11 Å². The Kier molecular flexibility index (Phi) is 2.92. The summed E-state index contributed by atoms with van der Waals surface area (Å²) in [7, 11) is 1.37. The fourth-order valence-electron chi connectivity index (χ4n) is 1.59. The summed E-state index contributed by atoms with van der Waals surface area (Å²) in [6, 6.07) is 5.44. The highest BCUT2D eigenvalue weighted by Gasteiger charge is 2.09. The molecule has 0 fully saturated rings. The Hall–Kier alpha value is -1.42. The summed E-state index contributed by atoms with van der Waals surface area (Å²) >= 11 is 3.43. The van der Waals surface area contributed by atoms with Crippen molar-refractivity contribution in [1.29, 1.82) is 0 Å². The number of pyridine rings is 1. The van der Waals surface area contributed by atoms with E-state index in [0.717, 1.165) is 20.9 Å². The van der Waals surface area contributed by atoms with Crippen LogP contribution in [0, 0.1) is 6.92 Å². The van der Waals surface area contributed by atoms with Crippen LogP contribution in [0.15, 0.2) is 28.9 Å². The minimum Gasteiger partial charge on any atom is -0.465 e. The lowest BCUT2D eigenvalue weighted by molar-refractivity contribution is 0.0601. The number of benzene rings is 1. The second-order valence-corrected chi connectivity index (χ2v) is 4.30. The van der Waals surface area contributed by atoms with E-state index in [2.05, 4.69) is 25.7 Å². The lowest BCUT2D eigenvalue weighted by Gasteiger charge is -2.05. The Bertz CT molecular complexity index is 566. The molecule has 2 rings (SSSR count). The number of rotatable bonds is 1. The molecule has 0 bridgehead atoms. The summed E-state index contributed by atoms with van der Waals surface area (Å²) in [6.45, 7) is 1.91. The van der Waals surface area contributed by atoms with Gasteiger partial charge in [-0.1, -0.05) is 6.07 Å². The van der Waals surface area contributed by atoms with Gasteiger partial charge in [0.2, 0.25) is 0 Å². The number of hydrogen-bond donors (Lipinski definition) is 0. The number of fused-ring (bicyclic) bond motifs is 1. The summed E-state index contributed by atoms with van der Waals surface area (Å²) in [5.74, 6) is -0.332. The van der Waals surface area contributed by atoms with Crippen LogP contribution in [0.4, 0.5) is 0 Å². The molecule has 16 heavy (non-hydrogen) atoms. The average molecular weight is 280 g/mol. The van der Waals surface area contributed by atoms with E-state index in [0.29, 0.717) is 5.56 Å². The summed E-state index contributed by atoms with van der Waals surface area (Å²) in [5, 5.41) is 2.00. The van der Waals surface area contributed by atoms with E-state index in [-0.39, 0.29) is 5.97 Å². The van der Waals surface area contributed by atoms with Crippen molar-refractivity contribution in [3.8, 4) is 0 Å². The highest BCUT2D eigenvalue weighted by atomic mass is 79.9. The molecule has 0 N–H and O–H groups in total. The minimum atomic E-state index is -0.332. The van der Waals surface area contributed by atoms with Gasteiger partial charge in [0, 0.05) is 21.7 Å². The zero-order chi connectivity index (χ0) is 11.7. The predicted octanol–water partition coefficient (Wildman–Crippen LogP) is 3.09. The quantitative estimate of drug-likeness (QED) is 0.753. The first-order valence-corrected chi connectivity index (χ1v) is 5.56. The van der Waals surface area contributed by atoms with Gasteiger partial charge in [0.05, 0.1) is 12.7 Å². The van der Waals surface area contributed by atoms with E-state index in [1.165, 1.54) is 7.11 Å². The molecule has 1 heterocycles. The Labute approximate surface area is 102 Å². The van der Waals surface area contributed by atoms with Crippen LogP contribution in [0.1, 0.15) is 16.1 Å². The number of ether oxygens (including phenoxy) is 1. The van der Waals surface area contributed by atoms with Crippen LogP contribution < -0.4 is 0 Å². The van der Waals surface area contributed by atoms with Crippen molar-refractivity contribution in [2.45, 2.75) is 6.92 Å². The van der Waals surface area contributed by atoms with E-state index in [4.69, 9.17) is 0 Å². The van der Waals surface area contributed by atoms with Crippen LogP contribution in [0.25, 0.3) is 10.8 Å². The normalized spacial score (nSPS) is 10.4. The minimum absolute atomic E-state index is 0.332. The molecule has 82 valence electrons. The molecular formula is C12H10BrNO2. The first-order chi connectivity index (χ1) is 7.63. The summed E-state index contributed by atoms with van der Waals surface area (Å²) in [5.41, 5.74) is 1.43. The molecule has 0 unspecified atom stereocenters. The van der Waals surface area contributed by atoms with Gasteiger partial charge in [-0.15, -0.1) is 0 Å². The van der Waals surface area contributed by atoms with Crippen LogP contribution in [0.5, 0.6) is 0 Å². The van der Waals surface area contributed by atoms with Crippen LogP contribution in [0.3, 0.4) is 0 Å². The van der Waals surface area contributed by atoms with Crippen molar-refractivity contribution in [3.63, 3.8) is 0 Å². The molecule has 3 nitrogen and oxygen atoms in total. The fraction of sp³-hybridized carbons (Fsp3) is 0.167. The molecule has 0 aliphatic rings. The molecular weight excluding hydrogens is 270 g/mol. The number of aryl methyl sites for hydroxylation is 1. The number of halogens is 1. The molecule has 0 aliphatic carbocycles. The van der Waals surface area contributed by atoms with E-state index in [1.54, 1.807) is 18.3 Å². The second-order valence-electron chi connectivity index (χ2n) is 3.44. The number of nitrogens with zero attached hydrogens (tertiary/aromatic N) is 1. The average Bonchev–Trinajstić information content (AvgIpc) is 2.32. The maximum atomic E-state index is 11.4. The third-order valence-electron chi connectivity index (χ3n) is 2.46. The molecule has 0 saturated carbocycles. The summed E-state index contributed by atoms with van der Waals surface area (Å²) in [6.07, 6.45) is 1.76. The zero-order valence-electron chi connectivity index (χ0n) is 8.95. The third kappa shape index (κ3) is 1.80. The molecule has 0 amide bonds. The smallest absolute Gasteiger partial charge is 0.337 e. The Morgan fingerprint density at radius 1 is 1.38 bits per heavy atom. The maximum Gasteiger partial charge on any atom is 0.337 e. The van der Waals surface area contributed by atoms with Gasteiger partial charge >= 0.3 is 5.97 Å². The summed E-state index contributed by atoms with van der Waals surface area (Å²) < 4.78 is 5.61. The van der Waals surface area contributed by atoms with Gasteiger partial charge < -0.3 is 4.74 Å². The van der Waals surface area contributed by atoms with Crippen LogP contribution in [0.2, 0.25) is 0 Å². The van der Waals surface area contributed by atoms with Crippen molar-refractivity contribution in [2.24, 2.45) is 0 Å². The molecule has 0 spiro atoms. The lowest BCUT2D eigenvalue weighted by atomic mass is 10.1. The van der Waals surface area contributed by atoms with Crippen molar-refractivity contribution >= 4 is 32.7 Å². The highest BCUT2D eigenvalue weighted by molar-refractivity contribution is 9.10. The van der Waals surface area contributed by atoms with Gasteiger partial charge in [-0.3, -0.25) is 4.98 Å².